The predicted molar refractivity (Wildman–Crippen MR) is 197 cm³/mol. The Hall–Kier alpha value is -1.45. The Bertz CT molecular complexity index is 705. The molecule has 0 aliphatic heterocycles. The van der Waals surface area contributed by atoms with Crippen molar-refractivity contribution in [2.75, 3.05) is 27.2 Å². The number of hydrogen-bond donors (Lipinski definition) is 0. The van der Waals surface area contributed by atoms with E-state index in [1.54, 1.807) is 0 Å². The lowest BCUT2D eigenvalue weighted by atomic mass is 10.0. The van der Waals surface area contributed by atoms with Crippen molar-refractivity contribution in [2.45, 2.75) is 180 Å². The third kappa shape index (κ3) is 35.0. The van der Waals surface area contributed by atoms with Crippen LogP contribution in [0.3, 0.4) is 0 Å². The van der Waals surface area contributed by atoms with Crippen molar-refractivity contribution < 1.29 is 9.53 Å². The molecule has 0 aliphatic rings. The normalized spacial score (nSPS) is 13.1. The van der Waals surface area contributed by atoms with Gasteiger partial charge < -0.3 is 9.64 Å². The molecule has 0 amide bonds. The molecule has 0 aromatic rings. The summed E-state index contributed by atoms with van der Waals surface area (Å²) in [7, 11) is 4.14. The number of ketones is 1. The topological polar surface area (TPSA) is 29.5 Å². The molecule has 0 aromatic carbocycles. The Morgan fingerprint density at radius 1 is 0.545 bits per heavy atom. The molecule has 0 heterocycles. The number of rotatable bonds is 34. The lowest BCUT2D eigenvalue weighted by Gasteiger charge is -2.21. The van der Waals surface area contributed by atoms with Crippen molar-refractivity contribution in [1.29, 1.82) is 0 Å². The molecule has 0 radical (unpaired) electrons. The van der Waals surface area contributed by atoms with E-state index in [2.05, 4.69) is 81.5 Å². The number of carbonyl (C=O) groups is 1. The highest BCUT2D eigenvalue weighted by Gasteiger charge is 2.15. The van der Waals surface area contributed by atoms with Crippen molar-refractivity contribution in [2.24, 2.45) is 0 Å². The number of nitrogens with zero attached hydrogens (tertiary/aromatic N) is 1. The molecule has 0 aliphatic carbocycles. The van der Waals surface area contributed by atoms with Crippen LogP contribution >= 0.6 is 0 Å². The second-order valence-electron chi connectivity index (χ2n) is 13.1. The summed E-state index contributed by atoms with van der Waals surface area (Å²) in [4.78, 5) is 14.8. The van der Waals surface area contributed by atoms with E-state index >= 15 is 0 Å². The SMILES string of the molecule is CCCCCC=CCC=CCCCCCCCCOC(CC(=O)CCCCCCCC=CCC=CCCCCC)CN(C)C. The summed E-state index contributed by atoms with van der Waals surface area (Å²) < 4.78 is 6.18. The number of hydrogen-bond acceptors (Lipinski definition) is 3. The monoisotopic (exact) mass is 614 g/mol. The van der Waals surface area contributed by atoms with Crippen LogP contribution in [0.1, 0.15) is 174 Å². The van der Waals surface area contributed by atoms with E-state index in [1.807, 2.05) is 0 Å². The Morgan fingerprint density at radius 3 is 1.41 bits per heavy atom. The Labute approximate surface area is 276 Å². The van der Waals surface area contributed by atoms with Crippen LogP contribution in [0.15, 0.2) is 48.6 Å². The van der Waals surface area contributed by atoms with Crippen LogP contribution in [-0.2, 0) is 9.53 Å². The van der Waals surface area contributed by atoms with Gasteiger partial charge in [0, 0.05) is 26.0 Å². The molecule has 44 heavy (non-hydrogen) atoms. The third-order valence-electron chi connectivity index (χ3n) is 8.13. The predicted octanol–water partition coefficient (Wildman–Crippen LogP) is 12.5. The molecular weight excluding hydrogens is 538 g/mol. The van der Waals surface area contributed by atoms with Crippen LogP contribution in [-0.4, -0.2) is 44.0 Å². The van der Waals surface area contributed by atoms with E-state index in [0.717, 1.165) is 38.8 Å². The zero-order valence-electron chi connectivity index (χ0n) is 30.1. The standard InChI is InChI=1S/C41H75NO2/c1-5-7-9-11-13-15-17-19-21-23-25-27-29-31-33-35-37-44-41(39-42(3)4)38-40(43)36-34-32-30-28-26-24-22-20-18-16-14-12-10-8-6-2/h13-16,19-22,41H,5-12,17-18,23-39H2,1-4H3. The van der Waals surface area contributed by atoms with Gasteiger partial charge >= 0.3 is 0 Å². The summed E-state index contributed by atoms with van der Waals surface area (Å²) in [6, 6.07) is 0. The highest BCUT2D eigenvalue weighted by molar-refractivity contribution is 5.78. The van der Waals surface area contributed by atoms with Crippen LogP contribution in [0.4, 0.5) is 0 Å². The summed E-state index contributed by atoms with van der Waals surface area (Å²) in [6.07, 6.45) is 48.4. The summed E-state index contributed by atoms with van der Waals surface area (Å²) in [6.45, 7) is 6.12. The molecule has 0 fully saturated rings. The molecule has 0 rings (SSSR count). The van der Waals surface area contributed by atoms with Gasteiger partial charge in [0.2, 0.25) is 0 Å². The number of carbonyl (C=O) groups excluding carboxylic acids is 1. The molecular formula is C41H75NO2. The Morgan fingerprint density at radius 2 is 0.955 bits per heavy atom. The minimum Gasteiger partial charge on any atom is -0.376 e. The van der Waals surface area contributed by atoms with Gasteiger partial charge in [0.25, 0.3) is 0 Å². The molecule has 1 unspecified atom stereocenters. The van der Waals surface area contributed by atoms with Crippen molar-refractivity contribution in [3.8, 4) is 0 Å². The molecule has 3 heteroatoms. The Kier molecular flexibility index (Phi) is 34.8. The van der Waals surface area contributed by atoms with Gasteiger partial charge in [0.1, 0.15) is 5.78 Å². The fraction of sp³-hybridized carbons (Fsp3) is 0.780. The fourth-order valence-corrected chi connectivity index (χ4v) is 5.41. The highest BCUT2D eigenvalue weighted by atomic mass is 16.5. The number of allylic oxidation sites excluding steroid dienone is 8. The van der Waals surface area contributed by atoms with E-state index in [0.29, 0.717) is 18.6 Å². The maximum absolute atomic E-state index is 12.6. The maximum atomic E-state index is 12.6. The second kappa shape index (κ2) is 36.0. The quantitative estimate of drug-likeness (QED) is 0.0534. The van der Waals surface area contributed by atoms with Crippen LogP contribution in [0.5, 0.6) is 0 Å². The van der Waals surface area contributed by atoms with Crippen LogP contribution in [0.25, 0.3) is 0 Å². The molecule has 3 nitrogen and oxygen atoms in total. The fourth-order valence-electron chi connectivity index (χ4n) is 5.41. The third-order valence-corrected chi connectivity index (χ3v) is 8.13. The van der Waals surface area contributed by atoms with Gasteiger partial charge in [-0.2, -0.15) is 0 Å². The van der Waals surface area contributed by atoms with Gasteiger partial charge in [-0.25, -0.2) is 0 Å². The van der Waals surface area contributed by atoms with E-state index in [9.17, 15) is 4.79 Å². The van der Waals surface area contributed by atoms with Gasteiger partial charge in [0.05, 0.1) is 6.10 Å². The first-order valence-corrected chi connectivity index (χ1v) is 19.0. The van der Waals surface area contributed by atoms with Gasteiger partial charge in [-0.1, -0.05) is 133 Å². The first kappa shape index (κ1) is 42.6. The van der Waals surface area contributed by atoms with Gasteiger partial charge in [-0.15, -0.1) is 0 Å². The Balaban J connectivity index is 3.73. The first-order valence-electron chi connectivity index (χ1n) is 19.0. The van der Waals surface area contributed by atoms with Gasteiger partial charge in [0.15, 0.2) is 0 Å². The molecule has 256 valence electrons. The maximum Gasteiger partial charge on any atom is 0.135 e. The zero-order valence-corrected chi connectivity index (χ0v) is 30.1. The molecule has 0 N–H and O–H groups in total. The van der Waals surface area contributed by atoms with Crippen molar-refractivity contribution in [3.63, 3.8) is 0 Å². The lowest BCUT2D eigenvalue weighted by Crippen LogP contribution is -2.30. The molecule has 1 atom stereocenters. The van der Waals surface area contributed by atoms with E-state index < -0.39 is 0 Å². The minimum absolute atomic E-state index is 0.0356. The van der Waals surface area contributed by atoms with Crippen molar-refractivity contribution in [3.05, 3.63) is 48.6 Å². The number of ether oxygens (including phenoxy) is 1. The van der Waals surface area contributed by atoms with E-state index in [1.165, 1.54) is 122 Å². The molecule has 0 bridgehead atoms. The number of Topliss-reactive ketones (excluding diaryl/α,β-unsaturated/α-hetero) is 1. The summed E-state index contributed by atoms with van der Waals surface area (Å²) >= 11 is 0. The average Bonchev–Trinajstić information content (AvgIpc) is 3.00. The van der Waals surface area contributed by atoms with Crippen LogP contribution in [0.2, 0.25) is 0 Å². The van der Waals surface area contributed by atoms with Gasteiger partial charge in [-0.05, 0) is 91.1 Å². The van der Waals surface area contributed by atoms with Gasteiger partial charge in [-0.3, -0.25) is 4.79 Å². The summed E-state index contributed by atoms with van der Waals surface area (Å²) in [5.41, 5.74) is 0. The molecule has 0 spiro atoms. The van der Waals surface area contributed by atoms with E-state index in [-0.39, 0.29) is 6.10 Å². The molecule has 0 aromatic heterocycles. The smallest absolute Gasteiger partial charge is 0.135 e. The first-order chi connectivity index (χ1) is 21.6. The van der Waals surface area contributed by atoms with Crippen LogP contribution < -0.4 is 0 Å². The molecule has 0 saturated heterocycles. The van der Waals surface area contributed by atoms with Crippen molar-refractivity contribution in [1.82, 2.24) is 4.90 Å². The average molecular weight is 614 g/mol. The number of likely N-dealkylation sites (N-methyl/N-ethyl adjacent to an activating group) is 1. The number of unbranched alkanes of at least 4 members (excludes halogenated alkanes) is 17. The minimum atomic E-state index is 0.0356. The molecule has 0 saturated carbocycles. The van der Waals surface area contributed by atoms with E-state index in [4.69, 9.17) is 4.74 Å². The highest BCUT2D eigenvalue weighted by Crippen LogP contribution is 2.13. The summed E-state index contributed by atoms with van der Waals surface area (Å²) in [5.74, 6) is 0.375. The lowest BCUT2D eigenvalue weighted by molar-refractivity contribution is -0.122. The largest absolute Gasteiger partial charge is 0.376 e. The second-order valence-corrected chi connectivity index (χ2v) is 13.1. The summed E-state index contributed by atoms with van der Waals surface area (Å²) in [5, 5.41) is 0. The van der Waals surface area contributed by atoms with Crippen molar-refractivity contribution >= 4 is 5.78 Å². The zero-order chi connectivity index (χ0) is 32.2. The van der Waals surface area contributed by atoms with Crippen LogP contribution in [0, 0.1) is 0 Å².